The number of amides is 1. The highest BCUT2D eigenvalue weighted by atomic mass is 16.6. The zero-order valence-electron chi connectivity index (χ0n) is 14.3. The number of nitrogens with one attached hydrogen (secondary N) is 1. The van der Waals surface area contributed by atoms with Gasteiger partial charge in [0, 0.05) is 6.20 Å². The van der Waals surface area contributed by atoms with Crippen LogP contribution in [0.2, 0.25) is 0 Å². The number of imidazole rings is 1. The molecule has 0 saturated carbocycles. The van der Waals surface area contributed by atoms with Crippen LogP contribution in [0.3, 0.4) is 0 Å². The second-order valence-electron chi connectivity index (χ2n) is 7.05. The Labute approximate surface area is 131 Å². The summed E-state index contributed by atoms with van der Waals surface area (Å²) >= 11 is 0. The minimum absolute atomic E-state index is 0.390. The van der Waals surface area contributed by atoms with Gasteiger partial charge in [0.15, 0.2) is 0 Å². The second kappa shape index (κ2) is 6.37. The van der Waals surface area contributed by atoms with E-state index in [2.05, 4.69) is 10.3 Å². The van der Waals surface area contributed by atoms with Crippen LogP contribution in [0.5, 0.6) is 0 Å². The van der Waals surface area contributed by atoms with E-state index in [1.54, 1.807) is 48.5 Å². The summed E-state index contributed by atoms with van der Waals surface area (Å²) in [6.45, 7) is 12.5. The molecule has 0 aliphatic rings. The molecule has 124 valence electrons. The maximum atomic E-state index is 11.9. The van der Waals surface area contributed by atoms with E-state index in [4.69, 9.17) is 9.47 Å². The summed E-state index contributed by atoms with van der Waals surface area (Å²) in [5.74, 6) is 0. The molecule has 1 unspecified atom stereocenters. The topological polar surface area (TPSA) is 82.5 Å². The SMILES string of the molecule is CC(NC(=O)OC(C)(C)C)c1cn(C(=O)OC(C)(C)C)cn1. The summed E-state index contributed by atoms with van der Waals surface area (Å²) in [6, 6.07) is -0.390. The predicted molar refractivity (Wildman–Crippen MR) is 81.6 cm³/mol. The molecule has 0 aromatic carbocycles. The summed E-state index contributed by atoms with van der Waals surface area (Å²) in [4.78, 5) is 27.7. The van der Waals surface area contributed by atoms with Crippen molar-refractivity contribution < 1.29 is 19.1 Å². The Bertz CT molecular complexity index is 538. The summed E-state index contributed by atoms with van der Waals surface area (Å²) in [5.41, 5.74) is -0.613. The van der Waals surface area contributed by atoms with Gasteiger partial charge in [0.05, 0.1) is 11.7 Å². The number of carbonyl (C=O) groups excluding carboxylic acids is 2. The third-order valence-corrected chi connectivity index (χ3v) is 2.38. The molecule has 7 heteroatoms. The van der Waals surface area contributed by atoms with Crippen molar-refractivity contribution in [3.05, 3.63) is 18.2 Å². The Hall–Kier alpha value is -2.05. The molecule has 1 heterocycles. The predicted octanol–water partition coefficient (Wildman–Crippen LogP) is 3.25. The summed E-state index contributed by atoms with van der Waals surface area (Å²) < 4.78 is 11.7. The average molecular weight is 311 g/mol. The first-order chi connectivity index (χ1) is 9.87. The zero-order chi connectivity index (χ0) is 17.1. The van der Waals surface area contributed by atoms with E-state index in [9.17, 15) is 9.59 Å². The highest BCUT2D eigenvalue weighted by Crippen LogP contribution is 2.14. The highest BCUT2D eigenvalue weighted by molar-refractivity contribution is 5.71. The fourth-order valence-corrected chi connectivity index (χ4v) is 1.53. The Morgan fingerprint density at radius 2 is 1.68 bits per heavy atom. The molecule has 1 aromatic rings. The lowest BCUT2D eigenvalue weighted by Gasteiger charge is -2.21. The molecule has 22 heavy (non-hydrogen) atoms. The lowest BCUT2D eigenvalue weighted by atomic mass is 10.2. The van der Waals surface area contributed by atoms with Crippen molar-refractivity contribution in [3.8, 4) is 0 Å². The highest BCUT2D eigenvalue weighted by Gasteiger charge is 2.21. The van der Waals surface area contributed by atoms with Crippen LogP contribution in [0.1, 0.15) is 60.2 Å². The summed E-state index contributed by atoms with van der Waals surface area (Å²) in [5, 5.41) is 2.66. The average Bonchev–Trinajstić information content (AvgIpc) is 2.72. The second-order valence-corrected chi connectivity index (χ2v) is 7.05. The van der Waals surface area contributed by atoms with Crippen LogP contribution in [0.25, 0.3) is 0 Å². The molecule has 0 bridgehead atoms. The van der Waals surface area contributed by atoms with Crippen LogP contribution < -0.4 is 5.32 Å². The van der Waals surface area contributed by atoms with Crippen molar-refractivity contribution in [1.29, 1.82) is 0 Å². The zero-order valence-corrected chi connectivity index (χ0v) is 14.3. The largest absolute Gasteiger partial charge is 0.444 e. The van der Waals surface area contributed by atoms with Gasteiger partial charge >= 0.3 is 12.2 Å². The summed E-state index contributed by atoms with van der Waals surface area (Å²) in [7, 11) is 0. The van der Waals surface area contributed by atoms with Crippen molar-refractivity contribution >= 4 is 12.2 Å². The van der Waals surface area contributed by atoms with E-state index in [1.165, 1.54) is 17.1 Å². The molecule has 1 atom stereocenters. The Kier molecular flexibility index (Phi) is 5.22. The first-order valence-corrected chi connectivity index (χ1v) is 7.14. The van der Waals surface area contributed by atoms with Crippen LogP contribution >= 0.6 is 0 Å². The van der Waals surface area contributed by atoms with Crippen molar-refractivity contribution in [3.63, 3.8) is 0 Å². The van der Waals surface area contributed by atoms with Crippen molar-refractivity contribution in [2.75, 3.05) is 0 Å². The number of nitrogens with zero attached hydrogens (tertiary/aromatic N) is 2. The fourth-order valence-electron chi connectivity index (χ4n) is 1.53. The standard InChI is InChI=1S/C15H25N3O4/c1-10(17-12(19)21-14(2,3)4)11-8-18(9-16-11)13(20)22-15(5,6)7/h8-10H,1-7H3,(H,17,19). The normalized spacial score (nSPS) is 13.4. The number of hydrogen-bond donors (Lipinski definition) is 1. The molecule has 1 rings (SSSR count). The van der Waals surface area contributed by atoms with Gasteiger partial charge in [-0.15, -0.1) is 0 Å². The summed E-state index contributed by atoms with van der Waals surface area (Å²) in [6.07, 6.45) is 1.83. The van der Waals surface area contributed by atoms with E-state index in [-0.39, 0.29) is 0 Å². The molecule has 0 fully saturated rings. The molecular weight excluding hydrogens is 286 g/mol. The molecule has 0 aliphatic carbocycles. The molecule has 0 aliphatic heterocycles. The van der Waals surface area contributed by atoms with Gasteiger partial charge in [-0.05, 0) is 48.5 Å². The van der Waals surface area contributed by atoms with Gasteiger partial charge in [-0.25, -0.2) is 19.1 Å². The van der Waals surface area contributed by atoms with Gasteiger partial charge in [-0.3, -0.25) is 0 Å². The smallest absolute Gasteiger partial charge is 0.419 e. The molecule has 0 saturated heterocycles. The maximum absolute atomic E-state index is 11.9. The third kappa shape index (κ3) is 6.15. The Morgan fingerprint density at radius 3 is 2.18 bits per heavy atom. The van der Waals surface area contributed by atoms with E-state index in [1.807, 2.05) is 0 Å². The van der Waals surface area contributed by atoms with E-state index < -0.39 is 29.4 Å². The number of alkyl carbamates (subject to hydrolysis) is 1. The number of ether oxygens (including phenoxy) is 2. The Morgan fingerprint density at radius 1 is 1.14 bits per heavy atom. The fraction of sp³-hybridized carbons (Fsp3) is 0.667. The van der Waals surface area contributed by atoms with Crippen LogP contribution in [0, 0.1) is 0 Å². The minimum Gasteiger partial charge on any atom is -0.444 e. The molecule has 1 amide bonds. The van der Waals surface area contributed by atoms with Gasteiger partial charge < -0.3 is 14.8 Å². The monoisotopic (exact) mass is 311 g/mol. The molecular formula is C15H25N3O4. The number of rotatable bonds is 2. The van der Waals surface area contributed by atoms with Crippen molar-refractivity contribution in [1.82, 2.24) is 14.9 Å². The lowest BCUT2D eigenvalue weighted by Crippen LogP contribution is -2.34. The first-order valence-electron chi connectivity index (χ1n) is 7.14. The number of carbonyl (C=O) groups is 2. The molecule has 7 nitrogen and oxygen atoms in total. The van der Waals surface area contributed by atoms with Gasteiger partial charge in [0.2, 0.25) is 0 Å². The first kappa shape index (κ1) is 18.0. The molecule has 1 N–H and O–H groups in total. The van der Waals surface area contributed by atoms with E-state index in [0.717, 1.165) is 0 Å². The van der Waals surface area contributed by atoms with Gasteiger partial charge in [-0.1, -0.05) is 0 Å². The van der Waals surface area contributed by atoms with Gasteiger partial charge in [-0.2, -0.15) is 0 Å². The van der Waals surface area contributed by atoms with Crippen LogP contribution in [-0.2, 0) is 9.47 Å². The molecule has 0 radical (unpaired) electrons. The van der Waals surface area contributed by atoms with Crippen molar-refractivity contribution in [2.45, 2.75) is 65.7 Å². The number of hydrogen-bond acceptors (Lipinski definition) is 5. The number of aromatic nitrogens is 2. The third-order valence-electron chi connectivity index (χ3n) is 2.38. The van der Waals surface area contributed by atoms with E-state index >= 15 is 0 Å². The minimum atomic E-state index is -0.581. The molecule has 1 aromatic heterocycles. The van der Waals surface area contributed by atoms with Crippen LogP contribution in [-0.4, -0.2) is 32.9 Å². The van der Waals surface area contributed by atoms with Gasteiger partial charge in [0.1, 0.15) is 17.5 Å². The van der Waals surface area contributed by atoms with Gasteiger partial charge in [0.25, 0.3) is 0 Å². The van der Waals surface area contributed by atoms with Crippen molar-refractivity contribution in [2.24, 2.45) is 0 Å². The van der Waals surface area contributed by atoms with Crippen LogP contribution in [0.15, 0.2) is 12.5 Å². The van der Waals surface area contributed by atoms with E-state index in [0.29, 0.717) is 5.69 Å². The maximum Gasteiger partial charge on any atom is 0.419 e. The van der Waals surface area contributed by atoms with Crippen LogP contribution in [0.4, 0.5) is 9.59 Å². The molecule has 0 spiro atoms. The lowest BCUT2D eigenvalue weighted by molar-refractivity contribution is 0.0505. The quantitative estimate of drug-likeness (QED) is 0.906. The Balaban J connectivity index is 2.67.